The van der Waals surface area contributed by atoms with Crippen LogP contribution < -0.4 is 5.32 Å². The normalized spacial score (nSPS) is 20.3. The lowest BCUT2D eigenvalue weighted by Gasteiger charge is -2.33. The molecule has 1 aliphatic rings. The maximum absolute atomic E-state index is 12.5. The van der Waals surface area contributed by atoms with Crippen LogP contribution in [-0.4, -0.2) is 51.1 Å². The number of rotatable bonds is 1. The van der Waals surface area contributed by atoms with E-state index in [2.05, 4.69) is 15.4 Å². The fourth-order valence-corrected chi connectivity index (χ4v) is 2.28. The van der Waals surface area contributed by atoms with Crippen LogP contribution in [0.1, 0.15) is 17.3 Å². The Bertz CT molecular complexity index is 579. The molecule has 94 valence electrons. The minimum absolute atomic E-state index is 0.0118. The summed E-state index contributed by atoms with van der Waals surface area (Å²) in [5.74, 6) is 0.0118. The van der Waals surface area contributed by atoms with Crippen LogP contribution in [0.3, 0.4) is 0 Å². The quantitative estimate of drug-likeness (QED) is 0.777. The van der Waals surface area contributed by atoms with E-state index >= 15 is 0 Å². The number of carbonyl (C=O) groups is 1. The molecule has 0 aliphatic carbocycles. The topological polar surface area (TPSA) is 62.5 Å². The van der Waals surface area contributed by atoms with Crippen LogP contribution in [0.15, 0.2) is 24.7 Å². The summed E-state index contributed by atoms with van der Waals surface area (Å²) in [7, 11) is 0. The number of carbonyl (C=O) groups excluding carboxylic acids is 1. The SMILES string of the molecule is C[C@@H]1CNCCN1C(=O)c1cnn2cccnc12. The van der Waals surface area contributed by atoms with Gasteiger partial charge < -0.3 is 10.2 Å². The third kappa shape index (κ3) is 1.74. The first-order valence-electron chi connectivity index (χ1n) is 6.07. The Hall–Kier alpha value is -1.95. The number of aromatic nitrogens is 3. The third-order valence-corrected chi connectivity index (χ3v) is 3.27. The number of hydrogen-bond acceptors (Lipinski definition) is 4. The lowest BCUT2D eigenvalue weighted by Crippen LogP contribution is -2.52. The van der Waals surface area contributed by atoms with Crippen molar-refractivity contribution in [3.05, 3.63) is 30.2 Å². The van der Waals surface area contributed by atoms with E-state index in [1.165, 1.54) is 0 Å². The summed E-state index contributed by atoms with van der Waals surface area (Å²) >= 11 is 0. The Morgan fingerprint density at radius 3 is 3.28 bits per heavy atom. The van der Waals surface area contributed by atoms with Crippen LogP contribution in [0.4, 0.5) is 0 Å². The molecule has 1 N–H and O–H groups in total. The highest BCUT2D eigenvalue weighted by atomic mass is 16.2. The van der Waals surface area contributed by atoms with Gasteiger partial charge in [-0.05, 0) is 13.0 Å². The van der Waals surface area contributed by atoms with Crippen molar-refractivity contribution in [2.75, 3.05) is 19.6 Å². The standard InChI is InChI=1S/C12H15N5O/c1-9-7-13-4-6-16(9)12(18)10-8-15-17-5-2-3-14-11(10)17/h2-3,5,8-9,13H,4,6-7H2,1H3/t9-/m1/s1. The average Bonchev–Trinajstić information content (AvgIpc) is 2.82. The molecule has 1 amide bonds. The Kier molecular flexibility index (Phi) is 2.71. The van der Waals surface area contributed by atoms with Crippen molar-refractivity contribution < 1.29 is 4.79 Å². The van der Waals surface area contributed by atoms with Gasteiger partial charge in [-0.25, -0.2) is 9.50 Å². The summed E-state index contributed by atoms with van der Waals surface area (Å²) < 4.78 is 1.63. The van der Waals surface area contributed by atoms with Crippen LogP contribution in [0.5, 0.6) is 0 Å². The van der Waals surface area contributed by atoms with Gasteiger partial charge in [0.15, 0.2) is 5.65 Å². The summed E-state index contributed by atoms with van der Waals surface area (Å²) in [6.45, 7) is 4.44. The summed E-state index contributed by atoms with van der Waals surface area (Å²) in [5.41, 5.74) is 1.19. The Morgan fingerprint density at radius 2 is 2.44 bits per heavy atom. The molecule has 3 heterocycles. The van der Waals surface area contributed by atoms with E-state index < -0.39 is 0 Å². The highest BCUT2D eigenvalue weighted by Crippen LogP contribution is 2.13. The molecule has 0 aromatic carbocycles. The fraction of sp³-hybridized carbons (Fsp3) is 0.417. The van der Waals surface area contributed by atoms with E-state index in [9.17, 15) is 4.79 Å². The van der Waals surface area contributed by atoms with Gasteiger partial charge in [-0.1, -0.05) is 0 Å². The number of nitrogens with one attached hydrogen (secondary N) is 1. The van der Waals surface area contributed by atoms with Crippen LogP contribution in [0, 0.1) is 0 Å². The van der Waals surface area contributed by atoms with Crippen molar-refractivity contribution in [2.45, 2.75) is 13.0 Å². The molecule has 0 radical (unpaired) electrons. The minimum atomic E-state index is 0.0118. The van der Waals surface area contributed by atoms with Gasteiger partial charge in [0, 0.05) is 38.1 Å². The maximum Gasteiger partial charge on any atom is 0.259 e. The molecule has 6 heteroatoms. The van der Waals surface area contributed by atoms with Gasteiger partial charge >= 0.3 is 0 Å². The second kappa shape index (κ2) is 4.38. The molecule has 2 aromatic heterocycles. The maximum atomic E-state index is 12.5. The smallest absolute Gasteiger partial charge is 0.259 e. The first-order chi connectivity index (χ1) is 8.77. The highest BCUT2D eigenvalue weighted by Gasteiger charge is 2.26. The molecule has 1 fully saturated rings. The summed E-state index contributed by atoms with van der Waals surface area (Å²) in [6, 6.07) is 1.99. The van der Waals surface area contributed by atoms with Crippen LogP contribution in [0.2, 0.25) is 0 Å². The van der Waals surface area contributed by atoms with E-state index in [1.807, 2.05) is 11.8 Å². The number of amides is 1. The molecule has 18 heavy (non-hydrogen) atoms. The number of hydrogen-bond donors (Lipinski definition) is 1. The van der Waals surface area contributed by atoms with Gasteiger partial charge in [0.2, 0.25) is 0 Å². The van der Waals surface area contributed by atoms with E-state index in [4.69, 9.17) is 0 Å². The predicted molar refractivity (Wildman–Crippen MR) is 66.4 cm³/mol. The lowest BCUT2D eigenvalue weighted by molar-refractivity contribution is 0.0657. The number of nitrogens with zero attached hydrogens (tertiary/aromatic N) is 4. The van der Waals surface area contributed by atoms with Crippen molar-refractivity contribution in [3.63, 3.8) is 0 Å². The Labute approximate surface area is 105 Å². The molecule has 6 nitrogen and oxygen atoms in total. The molecular weight excluding hydrogens is 230 g/mol. The molecule has 1 saturated heterocycles. The van der Waals surface area contributed by atoms with Gasteiger partial charge in [-0.3, -0.25) is 4.79 Å². The third-order valence-electron chi connectivity index (χ3n) is 3.27. The molecule has 0 saturated carbocycles. The molecule has 0 spiro atoms. The second-order valence-electron chi connectivity index (χ2n) is 4.50. The Balaban J connectivity index is 1.96. The zero-order valence-corrected chi connectivity index (χ0v) is 10.2. The molecule has 2 aromatic rings. The first-order valence-corrected chi connectivity index (χ1v) is 6.07. The van der Waals surface area contributed by atoms with E-state index in [0.29, 0.717) is 11.2 Å². The predicted octanol–water partition coefficient (Wildman–Crippen LogP) is 0.163. The molecule has 1 atom stereocenters. The van der Waals surface area contributed by atoms with Gasteiger partial charge in [-0.15, -0.1) is 0 Å². The molecule has 0 bridgehead atoms. The van der Waals surface area contributed by atoms with Gasteiger partial charge in [-0.2, -0.15) is 5.10 Å². The molecule has 0 unspecified atom stereocenters. The average molecular weight is 245 g/mol. The number of piperazine rings is 1. The number of fused-ring (bicyclic) bond motifs is 1. The van der Waals surface area contributed by atoms with Crippen molar-refractivity contribution in [3.8, 4) is 0 Å². The monoisotopic (exact) mass is 245 g/mol. The summed E-state index contributed by atoms with van der Waals surface area (Å²) in [5, 5.41) is 7.42. The van der Waals surface area contributed by atoms with Gasteiger partial charge in [0.25, 0.3) is 5.91 Å². The first kappa shape index (κ1) is 11.2. The van der Waals surface area contributed by atoms with Crippen LogP contribution in [0.25, 0.3) is 5.65 Å². The second-order valence-corrected chi connectivity index (χ2v) is 4.50. The van der Waals surface area contributed by atoms with Crippen molar-refractivity contribution in [1.29, 1.82) is 0 Å². The van der Waals surface area contributed by atoms with Crippen molar-refractivity contribution in [1.82, 2.24) is 24.8 Å². The summed E-state index contributed by atoms with van der Waals surface area (Å²) in [6.07, 6.45) is 5.06. The summed E-state index contributed by atoms with van der Waals surface area (Å²) in [4.78, 5) is 18.6. The Morgan fingerprint density at radius 1 is 1.56 bits per heavy atom. The zero-order chi connectivity index (χ0) is 12.5. The zero-order valence-electron chi connectivity index (χ0n) is 10.2. The van der Waals surface area contributed by atoms with E-state index in [1.54, 1.807) is 29.2 Å². The minimum Gasteiger partial charge on any atom is -0.333 e. The van der Waals surface area contributed by atoms with Crippen molar-refractivity contribution >= 4 is 11.6 Å². The molecular formula is C12H15N5O. The lowest BCUT2D eigenvalue weighted by atomic mass is 10.2. The van der Waals surface area contributed by atoms with E-state index in [0.717, 1.165) is 19.6 Å². The van der Waals surface area contributed by atoms with Gasteiger partial charge in [0.1, 0.15) is 5.56 Å². The largest absolute Gasteiger partial charge is 0.333 e. The van der Waals surface area contributed by atoms with Crippen LogP contribution in [-0.2, 0) is 0 Å². The highest BCUT2D eigenvalue weighted by molar-refractivity contribution is 5.99. The van der Waals surface area contributed by atoms with Gasteiger partial charge in [0.05, 0.1) is 6.20 Å². The van der Waals surface area contributed by atoms with Crippen molar-refractivity contribution in [2.24, 2.45) is 0 Å². The molecule has 3 rings (SSSR count). The van der Waals surface area contributed by atoms with E-state index in [-0.39, 0.29) is 11.9 Å². The molecule has 1 aliphatic heterocycles. The fourth-order valence-electron chi connectivity index (χ4n) is 2.28. The van der Waals surface area contributed by atoms with Crippen LogP contribution >= 0.6 is 0 Å².